The Labute approximate surface area is 224 Å². The summed E-state index contributed by atoms with van der Waals surface area (Å²) in [5.74, 6) is 1.00. The maximum absolute atomic E-state index is 13.2. The molecule has 37 heavy (non-hydrogen) atoms. The van der Waals surface area contributed by atoms with Crippen molar-refractivity contribution < 1.29 is 19.1 Å². The van der Waals surface area contributed by atoms with Crippen LogP contribution in [0.3, 0.4) is 0 Å². The summed E-state index contributed by atoms with van der Waals surface area (Å²) in [6, 6.07) is 26.9. The zero-order chi connectivity index (χ0) is 25.8. The summed E-state index contributed by atoms with van der Waals surface area (Å²) in [6.07, 6.45) is 1.76. The highest BCUT2D eigenvalue weighted by Gasteiger charge is 2.35. The third-order valence-corrected chi connectivity index (χ3v) is 7.12. The van der Waals surface area contributed by atoms with Crippen LogP contribution >= 0.6 is 23.4 Å². The van der Waals surface area contributed by atoms with Gasteiger partial charge in [0.15, 0.2) is 0 Å². The molecular weight excluding hydrogens is 506 g/mol. The van der Waals surface area contributed by atoms with Crippen LogP contribution in [-0.4, -0.2) is 29.2 Å². The predicted octanol–water partition coefficient (Wildman–Crippen LogP) is 7.50. The van der Waals surface area contributed by atoms with E-state index in [0.717, 1.165) is 39.2 Å². The normalized spacial score (nSPS) is 14.5. The minimum atomic E-state index is -0.334. The van der Waals surface area contributed by atoms with Crippen LogP contribution in [0.15, 0.2) is 89.8 Å². The molecule has 2 amide bonds. The van der Waals surface area contributed by atoms with Crippen molar-refractivity contribution in [2.24, 2.45) is 0 Å². The number of aryl methyl sites for hydroxylation is 1. The molecule has 0 aromatic heterocycles. The molecule has 1 fully saturated rings. The molecule has 1 heterocycles. The van der Waals surface area contributed by atoms with Gasteiger partial charge in [0.1, 0.15) is 24.7 Å². The minimum absolute atomic E-state index is 0.172. The number of amides is 2. The lowest BCUT2D eigenvalue weighted by atomic mass is 10.0. The van der Waals surface area contributed by atoms with Crippen molar-refractivity contribution in [2.75, 3.05) is 13.2 Å². The maximum Gasteiger partial charge on any atom is 0.293 e. The quantitative estimate of drug-likeness (QED) is 0.221. The van der Waals surface area contributed by atoms with Gasteiger partial charge < -0.3 is 9.47 Å². The Bertz CT molecular complexity index is 1500. The van der Waals surface area contributed by atoms with E-state index in [0.29, 0.717) is 28.0 Å². The number of rotatable bonds is 8. The molecule has 0 unspecified atom stereocenters. The first kappa shape index (κ1) is 24.9. The average Bonchev–Trinajstić information content (AvgIpc) is 3.16. The number of hydrogen-bond donors (Lipinski definition) is 0. The Morgan fingerprint density at radius 1 is 0.919 bits per heavy atom. The summed E-state index contributed by atoms with van der Waals surface area (Å²) < 4.78 is 11.9. The Morgan fingerprint density at radius 3 is 2.54 bits per heavy atom. The third kappa shape index (κ3) is 5.82. The molecule has 1 aliphatic rings. The van der Waals surface area contributed by atoms with Gasteiger partial charge in [-0.2, -0.15) is 0 Å². The summed E-state index contributed by atoms with van der Waals surface area (Å²) in [4.78, 5) is 27.5. The number of nitrogens with zero attached hydrogens (tertiary/aromatic N) is 1. The van der Waals surface area contributed by atoms with Crippen molar-refractivity contribution in [3.8, 4) is 11.5 Å². The van der Waals surface area contributed by atoms with Crippen LogP contribution in [0.5, 0.6) is 11.5 Å². The van der Waals surface area contributed by atoms with Crippen LogP contribution in [0.25, 0.3) is 16.8 Å². The molecule has 186 valence electrons. The van der Waals surface area contributed by atoms with Crippen molar-refractivity contribution in [1.29, 1.82) is 0 Å². The number of carbonyl (C=O) groups is 2. The van der Waals surface area contributed by atoms with Gasteiger partial charge in [0.05, 0.1) is 11.4 Å². The van der Waals surface area contributed by atoms with E-state index in [1.165, 1.54) is 4.90 Å². The van der Waals surface area contributed by atoms with Gasteiger partial charge in [-0.25, -0.2) is 0 Å². The molecule has 5 nitrogen and oxygen atoms in total. The Balaban J connectivity index is 1.37. The molecular formula is C30H24ClNO4S. The Morgan fingerprint density at radius 2 is 1.73 bits per heavy atom. The van der Waals surface area contributed by atoms with Crippen molar-refractivity contribution in [3.63, 3.8) is 0 Å². The first-order valence-electron chi connectivity index (χ1n) is 11.8. The molecule has 1 aliphatic heterocycles. The molecule has 4 aromatic carbocycles. The fourth-order valence-corrected chi connectivity index (χ4v) is 5.05. The number of benzene rings is 4. The minimum Gasteiger partial charge on any atom is -0.492 e. The van der Waals surface area contributed by atoms with E-state index >= 15 is 0 Å². The number of carbonyl (C=O) groups excluding carboxylic acids is 2. The number of thioether (sulfide) groups is 1. The molecule has 0 aliphatic carbocycles. The van der Waals surface area contributed by atoms with Gasteiger partial charge in [-0.1, -0.05) is 66.2 Å². The van der Waals surface area contributed by atoms with Gasteiger partial charge in [0, 0.05) is 10.6 Å². The highest BCUT2D eigenvalue weighted by atomic mass is 35.5. The number of hydrogen-bond acceptors (Lipinski definition) is 5. The maximum atomic E-state index is 13.2. The van der Waals surface area contributed by atoms with Crippen LogP contribution < -0.4 is 9.47 Å². The van der Waals surface area contributed by atoms with Crippen LogP contribution in [0.4, 0.5) is 4.79 Å². The molecule has 4 aromatic rings. The number of imide groups is 1. The number of halogens is 1. The molecule has 0 N–H and O–H groups in total. The molecule has 0 atom stereocenters. The lowest BCUT2D eigenvalue weighted by Gasteiger charge is -2.14. The average molecular weight is 530 g/mol. The Kier molecular flexibility index (Phi) is 7.49. The highest BCUT2D eigenvalue weighted by Crippen LogP contribution is 2.37. The Hall–Kier alpha value is -3.74. The van der Waals surface area contributed by atoms with Crippen molar-refractivity contribution >= 4 is 51.4 Å². The van der Waals surface area contributed by atoms with Crippen LogP contribution in [-0.2, 0) is 11.4 Å². The van der Waals surface area contributed by atoms with Gasteiger partial charge in [0.2, 0.25) is 0 Å². The standard InChI is InChI=1S/C30H24ClNO4S/c1-20-5-4-7-24(17-20)35-16-15-32-29(33)28(37-30(32)34)18-26-25-8-3-2-6-22(25)11-14-27(26)36-19-21-9-12-23(31)13-10-21/h2-14,17-18H,15-16,19H2,1H3/b28-18-. The van der Waals surface area contributed by atoms with E-state index in [9.17, 15) is 9.59 Å². The summed E-state index contributed by atoms with van der Waals surface area (Å²) in [6.45, 7) is 2.72. The molecule has 0 saturated carbocycles. The monoisotopic (exact) mass is 529 g/mol. The lowest BCUT2D eigenvalue weighted by Crippen LogP contribution is -2.32. The van der Waals surface area contributed by atoms with E-state index in [1.54, 1.807) is 6.08 Å². The smallest absolute Gasteiger partial charge is 0.293 e. The third-order valence-electron chi connectivity index (χ3n) is 5.96. The summed E-state index contributed by atoms with van der Waals surface area (Å²) >= 11 is 6.93. The van der Waals surface area contributed by atoms with Crippen molar-refractivity contribution in [1.82, 2.24) is 4.90 Å². The van der Waals surface area contributed by atoms with Crippen LogP contribution in [0.1, 0.15) is 16.7 Å². The van der Waals surface area contributed by atoms with Crippen molar-refractivity contribution in [3.05, 3.63) is 112 Å². The van der Waals surface area contributed by atoms with Crippen molar-refractivity contribution in [2.45, 2.75) is 13.5 Å². The van der Waals surface area contributed by atoms with Gasteiger partial charge >= 0.3 is 0 Å². The van der Waals surface area contributed by atoms with E-state index in [-0.39, 0.29) is 24.3 Å². The number of ether oxygens (including phenoxy) is 2. The van der Waals surface area contributed by atoms with Gasteiger partial charge in [-0.05, 0) is 77.0 Å². The molecule has 1 saturated heterocycles. The molecule has 0 radical (unpaired) electrons. The summed E-state index contributed by atoms with van der Waals surface area (Å²) in [5, 5.41) is 2.30. The molecule has 7 heteroatoms. The van der Waals surface area contributed by atoms with Gasteiger partial charge in [0.25, 0.3) is 11.1 Å². The largest absolute Gasteiger partial charge is 0.492 e. The SMILES string of the molecule is Cc1cccc(OCCN2C(=O)S/C(=C\c3c(OCc4ccc(Cl)cc4)ccc4ccccc34)C2=O)c1. The van der Waals surface area contributed by atoms with E-state index < -0.39 is 0 Å². The van der Waals surface area contributed by atoms with Crippen LogP contribution in [0.2, 0.25) is 5.02 Å². The second kappa shape index (κ2) is 11.1. The molecule has 5 rings (SSSR count). The summed E-state index contributed by atoms with van der Waals surface area (Å²) in [7, 11) is 0. The van der Waals surface area contributed by atoms with E-state index in [4.69, 9.17) is 21.1 Å². The van der Waals surface area contributed by atoms with E-state index in [2.05, 4.69) is 0 Å². The lowest BCUT2D eigenvalue weighted by molar-refractivity contribution is -0.123. The fourth-order valence-electron chi connectivity index (χ4n) is 4.08. The van der Waals surface area contributed by atoms with Crippen LogP contribution in [0, 0.1) is 6.92 Å². The first-order chi connectivity index (χ1) is 18.0. The second-order valence-corrected chi connectivity index (χ2v) is 10.0. The molecule has 0 bridgehead atoms. The first-order valence-corrected chi connectivity index (χ1v) is 13.0. The van der Waals surface area contributed by atoms with E-state index in [1.807, 2.05) is 91.9 Å². The predicted molar refractivity (Wildman–Crippen MR) is 149 cm³/mol. The summed E-state index contributed by atoms with van der Waals surface area (Å²) in [5.41, 5.74) is 2.81. The van der Waals surface area contributed by atoms with Gasteiger partial charge in [-0.3, -0.25) is 14.5 Å². The second-order valence-electron chi connectivity index (χ2n) is 8.61. The molecule has 0 spiro atoms. The fraction of sp³-hybridized carbons (Fsp3) is 0.133. The zero-order valence-corrected chi connectivity index (χ0v) is 21.7. The number of fused-ring (bicyclic) bond motifs is 1. The highest BCUT2D eigenvalue weighted by molar-refractivity contribution is 8.18. The topological polar surface area (TPSA) is 55.8 Å². The van der Waals surface area contributed by atoms with Gasteiger partial charge in [-0.15, -0.1) is 0 Å². The zero-order valence-electron chi connectivity index (χ0n) is 20.1.